The Balaban J connectivity index is 1.50. The summed E-state index contributed by atoms with van der Waals surface area (Å²) in [7, 11) is 0. The molecule has 0 aromatic carbocycles. The first-order chi connectivity index (χ1) is 11.3. The van der Waals surface area contributed by atoms with Crippen LogP contribution in [0.2, 0.25) is 0 Å². The molecule has 3 rings (SSSR count). The lowest BCUT2D eigenvalue weighted by Crippen LogP contribution is -2.64. The maximum Gasteiger partial charge on any atom is 0.274 e. The third kappa shape index (κ3) is 3.49. The summed E-state index contributed by atoms with van der Waals surface area (Å²) in [5.41, 5.74) is 1.54. The van der Waals surface area contributed by atoms with Gasteiger partial charge >= 0.3 is 0 Å². The molecule has 2 saturated heterocycles. The van der Waals surface area contributed by atoms with E-state index in [9.17, 15) is 4.79 Å². The number of aromatic amines is 1. The molecule has 0 unspecified atom stereocenters. The molecule has 1 N–H and O–H groups in total. The third-order valence-electron chi connectivity index (χ3n) is 5.35. The number of amides is 1. The van der Waals surface area contributed by atoms with Gasteiger partial charge in [-0.25, -0.2) is 0 Å². The van der Waals surface area contributed by atoms with Crippen molar-refractivity contribution in [3.8, 4) is 0 Å². The number of carbonyl (C=O) groups excluding carboxylic acids is 1. The lowest BCUT2D eigenvalue weighted by atomic mass is 9.92. The summed E-state index contributed by atoms with van der Waals surface area (Å²) >= 11 is 0. The van der Waals surface area contributed by atoms with Gasteiger partial charge in [0.05, 0.1) is 0 Å². The van der Waals surface area contributed by atoms with Gasteiger partial charge in [0.25, 0.3) is 5.91 Å². The van der Waals surface area contributed by atoms with Crippen molar-refractivity contribution in [1.29, 1.82) is 0 Å². The standard InChI is InChI=1S/C18H31N5O/c1-13(2)21-6-8-22(9-7-21)14-11-23(12-14)17(24)15-10-16(20-19-15)18(3,4)5/h10,13-14H,6-9,11-12H2,1-5H3,(H,19,20). The van der Waals surface area contributed by atoms with Crippen LogP contribution in [0.1, 0.15) is 50.8 Å². The number of hydrogen-bond donors (Lipinski definition) is 1. The molecule has 0 saturated carbocycles. The molecule has 1 aromatic rings. The maximum atomic E-state index is 12.6. The molecule has 2 aliphatic rings. The average Bonchev–Trinajstić information content (AvgIpc) is 2.96. The van der Waals surface area contributed by atoms with Crippen LogP contribution in [0, 0.1) is 0 Å². The van der Waals surface area contributed by atoms with E-state index in [-0.39, 0.29) is 11.3 Å². The molecule has 2 fully saturated rings. The average molecular weight is 333 g/mol. The fourth-order valence-corrected chi connectivity index (χ4v) is 3.45. The molecule has 0 spiro atoms. The largest absolute Gasteiger partial charge is 0.334 e. The zero-order chi connectivity index (χ0) is 17.5. The van der Waals surface area contributed by atoms with Crippen LogP contribution in [0.3, 0.4) is 0 Å². The van der Waals surface area contributed by atoms with Crippen molar-refractivity contribution in [1.82, 2.24) is 24.9 Å². The smallest absolute Gasteiger partial charge is 0.274 e. The van der Waals surface area contributed by atoms with Crippen LogP contribution < -0.4 is 0 Å². The second kappa shape index (κ2) is 6.48. The fourth-order valence-electron chi connectivity index (χ4n) is 3.45. The number of piperazine rings is 1. The molecule has 24 heavy (non-hydrogen) atoms. The van der Waals surface area contributed by atoms with Gasteiger partial charge in [-0.15, -0.1) is 0 Å². The number of carbonyl (C=O) groups is 1. The Morgan fingerprint density at radius 3 is 2.33 bits per heavy atom. The molecule has 1 aromatic heterocycles. The van der Waals surface area contributed by atoms with Crippen LogP contribution in [0.4, 0.5) is 0 Å². The second-order valence-electron chi connectivity index (χ2n) is 8.45. The normalized spacial score (nSPS) is 21.3. The minimum atomic E-state index is -0.0148. The number of rotatable bonds is 3. The molecule has 134 valence electrons. The third-order valence-corrected chi connectivity index (χ3v) is 5.35. The Labute approximate surface area is 145 Å². The van der Waals surface area contributed by atoms with E-state index in [2.05, 4.69) is 54.6 Å². The zero-order valence-electron chi connectivity index (χ0n) is 15.7. The van der Waals surface area contributed by atoms with E-state index < -0.39 is 0 Å². The molecule has 0 bridgehead atoms. The summed E-state index contributed by atoms with van der Waals surface area (Å²) in [5.74, 6) is 0.0545. The van der Waals surface area contributed by atoms with Crippen LogP contribution in [0.25, 0.3) is 0 Å². The second-order valence-corrected chi connectivity index (χ2v) is 8.45. The van der Waals surface area contributed by atoms with Crippen molar-refractivity contribution in [3.63, 3.8) is 0 Å². The van der Waals surface area contributed by atoms with Crippen LogP contribution in [0.15, 0.2) is 6.07 Å². The Morgan fingerprint density at radius 2 is 1.83 bits per heavy atom. The topological polar surface area (TPSA) is 55.5 Å². The van der Waals surface area contributed by atoms with E-state index in [1.807, 2.05) is 11.0 Å². The molecule has 2 aliphatic heterocycles. The number of H-pyrrole nitrogens is 1. The summed E-state index contributed by atoms with van der Waals surface area (Å²) in [4.78, 5) is 19.5. The minimum absolute atomic E-state index is 0.0148. The molecule has 0 radical (unpaired) electrons. The summed E-state index contributed by atoms with van der Waals surface area (Å²) in [6, 6.07) is 3.05. The van der Waals surface area contributed by atoms with Crippen molar-refractivity contribution in [3.05, 3.63) is 17.5 Å². The van der Waals surface area contributed by atoms with E-state index in [1.54, 1.807) is 0 Å². The van der Waals surface area contributed by atoms with Gasteiger partial charge in [-0.1, -0.05) is 20.8 Å². The molecule has 0 aliphatic carbocycles. The molecule has 0 atom stereocenters. The molecule has 3 heterocycles. The van der Waals surface area contributed by atoms with Crippen molar-refractivity contribution in [2.45, 2.75) is 52.1 Å². The van der Waals surface area contributed by atoms with E-state index >= 15 is 0 Å². The quantitative estimate of drug-likeness (QED) is 0.912. The first-order valence-electron chi connectivity index (χ1n) is 9.09. The highest BCUT2D eigenvalue weighted by Crippen LogP contribution is 2.23. The number of likely N-dealkylation sites (tertiary alicyclic amines) is 1. The van der Waals surface area contributed by atoms with Crippen molar-refractivity contribution < 1.29 is 4.79 Å². The van der Waals surface area contributed by atoms with E-state index in [0.717, 1.165) is 45.0 Å². The van der Waals surface area contributed by atoms with Crippen LogP contribution in [-0.4, -0.2) is 82.2 Å². The number of aromatic nitrogens is 2. The van der Waals surface area contributed by atoms with Gasteiger partial charge in [-0.2, -0.15) is 5.10 Å². The highest BCUT2D eigenvalue weighted by atomic mass is 16.2. The van der Waals surface area contributed by atoms with Gasteiger partial charge in [-0.3, -0.25) is 19.7 Å². The first kappa shape index (κ1) is 17.4. The zero-order valence-corrected chi connectivity index (χ0v) is 15.7. The number of hydrogen-bond acceptors (Lipinski definition) is 4. The van der Waals surface area contributed by atoms with Gasteiger partial charge in [-0.05, 0) is 19.9 Å². The Morgan fingerprint density at radius 1 is 1.21 bits per heavy atom. The van der Waals surface area contributed by atoms with Crippen LogP contribution in [0.5, 0.6) is 0 Å². The molecule has 1 amide bonds. The molecule has 6 nitrogen and oxygen atoms in total. The van der Waals surface area contributed by atoms with Gasteiger partial charge in [0.2, 0.25) is 0 Å². The SMILES string of the molecule is CC(C)N1CCN(C2CN(C(=O)c3cc(C(C)(C)C)[nH]n3)C2)CC1. The van der Waals surface area contributed by atoms with Crippen LogP contribution >= 0.6 is 0 Å². The van der Waals surface area contributed by atoms with Crippen molar-refractivity contribution in [2.24, 2.45) is 0 Å². The van der Waals surface area contributed by atoms with Crippen LogP contribution in [-0.2, 0) is 5.41 Å². The van der Waals surface area contributed by atoms with E-state index in [1.165, 1.54) is 0 Å². The molecule has 6 heteroatoms. The lowest BCUT2D eigenvalue weighted by molar-refractivity contribution is 0.00288. The Kier molecular flexibility index (Phi) is 4.71. The summed E-state index contributed by atoms with van der Waals surface area (Å²) in [6.45, 7) is 17.0. The number of nitrogens with zero attached hydrogens (tertiary/aromatic N) is 4. The first-order valence-corrected chi connectivity index (χ1v) is 9.09. The highest BCUT2D eigenvalue weighted by molar-refractivity contribution is 5.93. The summed E-state index contributed by atoms with van der Waals surface area (Å²) in [5, 5.41) is 7.22. The van der Waals surface area contributed by atoms with Crippen molar-refractivity contribution >= 4 is 5.91 Å². The summed E-state index contributed by atoms with van der Waals surface area (Å²) < 4.78 is 0. The fraction of sp³-hybridized carbons (Fsp3) is 0.778. The molecular formula is C18H31N5O. The van der Waals surface area contributed by atoms with Crippen molar-refractivity contribution in [2.75, 3.05) is 39.3 Å². The van der Waals surface area contributed by atoms with Gasteiger partial charge < -0.3 is 4.90 Å². The highest BCUT2D eigenvalue weighted by Gasteiger charge is 2.37. The lowest BCUT2D eigenvalue weighted by Gasteiger charge is -2.48. The maximum absolute atomic E-state index is 12.6. The Bertz CT molecular complexity index is 574. The summed E-state index contributed by atoms with van der Waals surface area (Å²) in [6.07, 6.45) is 0. The van der Waals surface area contributed by atoms with Gasteiger partial charge in [0.1, 0.15) is 5.69 Å². The van der Waals surface area contributed by atoms with E-state index in [0.29, 0.717) is 17.8 Å². The van der Waals surface area contributed by atoms with E-state index in [4.69, 9.17) is 0 Å². The molecular weight excluding hydrogens is 302 g/mol. The predicted octanol–water partition coefficient (Wildman–Crippen LogP) is 1.56. The van der Waals surface area contributed by atoms with Gasteiger partial charge in [0, 0.05) is 62.5 Å². The minimum Gasteiger partial charge on any atom is -0.334 e. The number of nitrogens with one attached hydrogen (secondary N) is 1. The monoisotopic (exact) mass is 333 g/mol. The Hall–Kier alpha value is -1.40. The predicted molar refractivity (Wildman–Crippen MR) is 95.3 cm³/mol. The van der Waals surface area contributed by atoms with Gasteiger partial charge in [0.15, 0.2) is 0 Å².